The molecule has 0 saturated carbocycles. The molecule has 9 heteroatoms. The summed E-state index contributed by atoms with van der Waals surface area (Å²) < 4.78 is 16.2. The average Bonchev–Trinajstić information content (AvgIpc) is 3.25. The molecule has 0 aromatic heterocycles. The fraction of sp³-hybridized carbons (Fsp3) is 0.409. The first-order valence-corrected chi connectivity index (χ1v) is 10.2. The van der Waals surface area contributed by atoms with E-state index in [1.165, 1.54) is 0 Å². The summed E-state index contributed by atoms with van der Waals surface area (Å²) >= 11 is 6.04. The number of nitrogens with zero attached hydrogens (tertiary/aromatic N) is 2. The number of halogens is 2. The Morgan fingerprint density at radius 2 is 1.81 bits per heavy atom. The van der Waals surface area contributed by atoms with Crippen molar-refractivity contribution in [2.45, 2.75) is 19.0 Å². The highest BCUT2D eigenvalue weighted by Gasteiger charge is 2.24. The van der Waals surface area contributed by atoms with Crippen LogP contribution in [0.1, 0.15) is 12.0 Å². The van der Waals surface area contributed by atoms with Crippen LogP contribution in [-0.4, -0.2) is 53.5 Å². The van der Waals surface area contributed by atoms with Crippen LogP contribution >= 0.6 is 35.6 Å². The lowest BCUT2D eigenvalue weighted by Gasteiger charge is -2.21. The predicted octanol–water partition coefficient (Wildman–Crippen LogP) is 3.93. The minimum atomic E-state index is 0. The molecule has 0 spiro atoms. The zero-order chi connectivity index (χ0) is 21.5. The van der Waals surface area contributed by atoms with E-state index < -0.39 is 0 Å². The van der Waals surface area contributed by atoms with Gasteiger partial charge in [0.2, 0.25) is 0 Å². The molecular weight excluding hydrogens is 531 g/mol. The SMILES string of the molecule is CN=C(NCc1ccc(Cl)cc1OC)NC1CCN(c2cc(OC)cc(OC)c2)C1.I. The van der Waals surface area contributed by atoms with Gasteiger partial charge in [0, 0.05) is 67.2 Å². The van der Waals surface area contributed by atoms with Crippen molar-refractivity contribution in [2.75, 3.05) is 46.4 Å². The number of benzene rings is 2. The molecule has 1 heterocycles. The van der Waals surface area contributed by atoms with E-state index in [0.717, 1.165) is 54.0 Å². The lowest BCUT2D eigenvalue weighted by Crippen LogP contribution is -2.44. The summed E-state index contributed by atoms with van der Waals surface area (Å²) in [4.78, 5) is 6.68. The smallest absolute Gasteiger partial charge is 0.191 e. The Morgan fingerprint density at radius 3 is 2.42 bits per heavy atom. The Hall–Kier alpha value is -2.07. The fourth-order valence-corrected chi connectivity index (χ4v) is 3.68. The second-order valence-corrected chi connectivity index (χ2v) is 7.47. The van der Waals surface area contributed by atoms with Crippen molar-refractivity contribution in [1.29, 1.82) is 0 Å². The molecule has 170 valence electrons. The fourth-order valence-electron chi connectivity index (χ4n) is 3.52. The Bertz CT molecular complexity index is 875. The van der Waals surface area contributed by atoms with Crippen LogP contribution < -0.4 is 29.7 Å². The molecular formula is C22H30ClIN4O3. The first-order chi connectivity index (χ1) is 14.6. The summed E-state index contributed by atoms with van der Waals surface area (Å²) in [5.74, 6) is 3.08. The third kappa shape index (κ3) is 6.70. The number of hydrogen-bond donors (Lipinski definition) is 2. The van der Waals surface area contributed by atoms with Crippen LogP contribution in [0.3, 0.4) is 0 Å². The van der Waals surface area contributed by atoms with Gasteiger partial charge in [-0.15, -0.1) is 24.0 Å². The van der Waals surface area contributed by atoms with E-state index in [4.69, 9.17) is 25.8 Å². The van der Waals surface area contributed by atoms with Crippen LogP contribution in [0.5, 0.6) is 17.2 Å². The molecule has 0 amide bonds. The highest BCUT2D eigenvalue weighted by atomic mass is 127. The van der Waals surface area contributed by atoms with Crippen LogP contribution in [0.25, 0.3) is 0 Å². The Labute approximate surface area is 206 Å². The molecule has 7 nitrogen and oxygen atoms in total. The molecule has 2 aromatic carbocycles. The third-order valence-electron chi connectivity index (χ3n) is 5.15. The predicted molar refractivity (Wildman–Crippen MR) is 137 cm³/mol. The number of nitrogens with one attached hydrogen (secondary N) is 2. The molecule has 2 N–H and O–H groups in total. The molecule has 1 atom stereocenters. The number of hydrogen-bond acceptors (Lipinski definition) is 5. The summed E-state index contributed by atoms with van der Waals surface area (Å²) in [6.45, 7) is 2.39. The van der Waals surface area contributed by atoms with Crippen molar-refractivity contribution in [1.82, 2.24) is 10.6 Å². The van der Waals surface area contributed by atoms with Crippen molar-refractivity contribution in [3.63, 3.8) is 0 Å². The topological polar surface area (TPSA) is 67.4 Å². The summed E-state index contributed by atoms with van der Waals surface area (Å²) in [6, 6.07) is 11.8. The number of methoxy groups -OCH3 is 3. The number of ether oxygens (including phenoxy) is 3. The van der Waals surface area contributed by atoms with Gasteiger partial charge in [-0.25, -0.2) is 0 Å². The number of aliphatic imine (C=N–C) groups is 1. The first kappa shape index (κ1) is 25.2. The molecule has 2 aromatic rings. The molecule has 3 rings (SSSR count). The molecule has 0 aliphatic carbocycles. The van der Waals surface area contributed by atoms with Crippen LogP contribution in [0.4, 0.5) is 5.69 Å². The maximum Gasteiger partial charge on any atom is 0.191 e. The van der Waals surface area contributed by atoms with Gasteiger partial charge < -0.3 is 29.7 Å². The Balaban J connectivity index is 0.00000341. The van der Waals surface area contributed by atoms with E-state index in [9.17, 15) is 0 Å². The van der Waals surface area contributed by atoms with Gasteiger partial charge in [-0.1, -0.05) is 17.7 Å². The largest absolute Gasteiger partial charge is 0.497 e. The molecule has 1 saturated heterocycles. The normalized spacial score (nSPS) is 15.8. The summed E-state index contributed by atoms with van der Waals surface area (Å²) in [7, 11) is 6.74. The van der Waals surface area contributed by atoms with Gasteiger partial charge in [-0.3, -0.25) is 4.99 Å². The molecule has 1 unspecified atom stereocenters. The molecule has 0 bridgehead atoms. The lowest BCUT2D eigenvalue weighted by atomic mass is 10.2. The van der Waals surface area contributed by atoms with Gasteiger partial charge in [0.1, 0.15) is 17.2 Å². The van der Waals surface area contributed by atoms with Gasteiger partial charge >= 0.3 is 0 Å². The summed E-state index contributed by atoms with van der Waals surface area (Å²) in [6.07, 6.45) is 1.00. The number of anilines is 1. The summed E-state index contributed by atoms with van der Waals surface area (Å²) in [5, 5.41) is 7.52. The minimum Gasteiger partial charge on any atom is -0.497 e. The zero-order valence-electron chi connectivity index (χ0n) is 18.3. The minimum absolute atomic E-state index is 0. The van der Waals surface area contributed by atoms with Crippen LogP contribution in [-0.2, 0) is 6.54 Å². The molecule has 1 fully saturated rings. The molecule has 0 radical (unpaired) electrons. The molecule has 1 aliphatic rings. The van der Waals surface area contributed by atoms with Crippen molar-refractivity contribution in [3.8, 4) is 17.2 Å². The highest BCUT2D eigenvalue weighted by Crippen LogP contribution is 2.30. The van der Waals surface area contributed by atoms with Gasteiger partial charge in [0.15, 0.2) is 5.96 Å². The second kappa shape index (κ2) is 12.1. The maximum atomic E-state index is 6.04. The van der Waals surface area contributed by atoms with E-state index in [2.05, 4.69) is 20.5 Å². The molecule has 31 heavy (non-hydrogen) atoms. The van der Waals surface area contributed by atoms with Crippen LogP contribution in [0, 0.1) is 0 Å². The highest BCUT2D eigenvalue weighted by molar-refractivity contribution is 14.0. The van der Waals surface area contributed by atoms with E-state index in [1.54, 1.807) is 28.4 Å². The zero-order valence-corrected chi connectivity index (χ0v) is 21.4. The van der Waals surface area contributed by atoms with E-state index in [-0.39, 0.29) is 30.0 Å². The van der Waals surface area contributed by atoms with Gasteiger partial charge in [0.25, 0.3) is 0 Å². The standard InChI is InChI=1S/C22H29ClN4O3.HI/c1-24-22(25-13-15-5-6-16(23)9-21(15)30-4)26-17-7-8-27(14-17)18-10-19(28-2)12-20(11-18)29-3;/h5-6,9-12,17H,7-8,13-14H2,1-4H3,(H2,24,25,26);1H. The van der Waals surface area contributed by atoms with E-state index >= 15 is 0 Å². The van der Waals surface area contributed by atoms with E-state index in [0.29, 0.717) is 11.6 Å². The maximum absolute atomic E-state index is 6.04. The molecule has 1 aliphatic heterocycles. The van der Waals surface area contributed by atoms with E-state index in [1.807, 2.05) is 36.4 Å². The van der Waals surface area contributed by atoms with Crippen LogP contribution in [0.15, 0.2) is 41.4 Å². The van der Waals surface area contributed by atoms with Gasteiger partial charge in [0.05, 0.1) is 21.3 Å². The Kier molecular flexibility index (Phi) is 9.83. The monoisotopic (exact) mass is 560 g/mol. The van der Waals surface area contributed by atoms with Gasteiger partial charge in [-0.2, -0.15) is 0 Å². The first-order valence-electron chi connectivity index (χ1n) is 9.84. The van der Waals surface area contributed by atoms with Crippen molar-refractivity contribution in [2.24, 2.45) is 4.99 Å². The Morgan fingerprint density at radius 1 is 1.10 bits per heavy atom. The second-order valence-electron chi connectivity index (χ2n) is 7.03. The van der Waals surface area contributed by atoms with Gasteiger partial charge in [-0.05, 0) is 18.6 Å². The van der Waals surface area contributed by atoms with Crippen molar-refractivity contribution < 1.29 is 14.2 Å². The third-order valence-corrected chi connectivity index (χ3v) is 5.38. The average molecular weight is 561 g/mol. The quantitative estimate of drug-likeness (QED) is 0.304. The van der Waals surface area contributed by atoms with Crippen LogP contribution in [0.2, 0.25) is 5.02 Å². The van der Waals surface area contributed by atoms with Crippen molar-refractivity contribution in [3.05, 3.63) is 47.0 Å². The number of rotatable bonds is 7. The number of guanidine groups is 1. The lowest BCUT2D eigenvalue weighted by molar-refractivity contribution is 0.394. The summed E-state index contributed by atoms with van der Waals surface area (Å²) in [5.41, 5.74) is 2.10. The van der Waals surface area contributed by atoms with Crippen molar-refractivity contribution >= 4 is 47.2 Å².